The average Bonchev–Trinajstić information content (AvgIpc) is 2.92. The molecule has 1 fully saturated rings. The maximum absolute atomic E-state index is 5.76. The number of likely N-dealkylation sites (N-methyl/N-ethyl adjacent to an activating group) is 1. The molecule has 0 bridgehead atoms. The molecule has 3 N–H and O–H groups in total. The van der Waals surface area contributed by atoms with Crippen molar-refractivity contribution in [3.05, 3.63) is 28.2 Å². The molecule has 0 atom stereocenters. The third-order valence-corrected chi connectivity index (χ3v) is 4.69. The van der Waals surface area contributed by atoms with Crippen molar-refractivity contribution in [2.24, 2.45) is 5.73 Å². The van der Waals surface area contributed by atoms with E-state index >= 15 is 0 Å². The van der Waals surface area contributed by atoms with Gasteiger partial charge in [0.25, 0.3) is 0 Å². The highest BCUT2D eigenvalue weighted by atomic mass is 79.9. The van der Waals surface area contributed by atoms with Gasteiger partial charge >= 0.3 is 0 Å². The zero-order valence-corrected chi connectivity index (χ0v) is 14.3. The molecule has 0 amide bonds. The fourth-order valence-electron chi connectivity index (χ4n) is 2.77. The number of nitrogens with one attached hydrogen (secondary N) is 1. The van der Waals surface area contributed by atoms with Crippen LogP contribution in [-0.4, -0.2) is 36.1 Å². The van der Waals surface area contributed by atoms with Crippen LogP contribution in [0.1, 0.15) is 31.2 Å². The Labute approximate surface area is 135 Å². The lowest BCUT2D eigenvalue weighted by molar-refractivity contribution is 0.254. The monoisotopic (exact) mass is 355 g/mol. The fraction of sp³-hybridized carbons (Fsp3) is 0.533. The van der Waals surface area contributed by atoms with Gasteiger partial charge in [0.2, 0.25) is 0 Å². The Morgan fingerprint density at radius 3 is 2.80 bits per heavy atom. The molecule has 5 heteroatoms. The van der Waals surface area contributed by atoms with Crippen LogP contribution in [0.4, 0.5) is 5.69 Å². The lowest BCUT2D eigenvalue weighted by Gasteiger charge is -2.24. The maximum atomic E-state index is 5.76. The van der Waals surface area contributed by atoms with Crippen molar-refractivity contribution in [3.8, 4) is 0 Å². The Balaban J connectivity index is 1.90. The number of nitrogens with zero attached hydrogens (tertiary/aromatic N) is 1. The van der Waals surface area contributed by atoms with Crippen molar-refractivity contribution in [1.29, 1.82) is 0 Å². The number of rotatable bonds is 6. The van der Waals surface area contributed by atoms with E-state index in [-0.39, 0.29) is 0 Å². The zero-order chi connectivity index (χ0) is 14.5. The summed E-state index contributed by atoms with van der Waals surface area (Å²) >= 11 is 8.58. The number of anilines is 1. The maximum Gasteiger partial charge on any atom is 0.106 e. The molecule has 0 aliphatic heterocycles. The molecule has 0 spiro atoms. The van der Waals surface area contributed by atoms with Crippen LogP contribution >= 0.6 is 28.1 Å². The molecular formula is C15H22BrN3S. The summed E-state index contributed by atoms with van der Waals surface area (Å²) in [5.41, 5.74) is 7.68. The average molecular weight is 356 g/mol. The normalized spacial score (nSPS) is 15.8. The van der Waals surface area contributed by atoms with Gasteiger partial charge in [-0.15, -0.1) is 0 Å². The first-order chi connectivity index (χ1) is 9.58. The van der Waals surface area contributed by atoms with Crippen LogP contribution in [-0.2, 0) is 0 Å². The number of hydrogen-bond donors (Lipinski definition) is 2. The highest BCUT2D eigenvalue weighted by molar-refractivity contribution is 9.10. The first kappa shape index (κ1) is 15.7. The molecular weight excluding hydrogens is 334 g/mol. The largest absolute Gasteiger partial charge is 0.389 e. The topological polar surface area (TPSA) is 41.3 Å². The quantitative estimate of drug-likeness (QED) is 0.767. The minimum absolute atomic E-state index is 0.434. The van der Waals surface area contributed by atoms with Crippen LogP contribution in [0, 0.1) is 0 Å². The number of benzene rings is 1. The van der Waals surface area contributed by atoms with E-state index in [1.807, 2.05) is 18.2 Å². The van der Waals surface area contributed by atoms with Crippen LogP contribution in [0.15, 0.2) is 22.7 Å². The Kier molecular flexibility index (Phi) is 5.81. The summed E-state index contributed by atoms with van der Waals surface area (Å²) in [4.78, 5) is 2.89. The molecule has 1 aromatic rings. The van der Waals surface area contributed by atoms with Crippen molar-refractivity contribution in [3.63, 3.8) is 0 Å². The predicted octanol–water partition coefficient (Wildman–Crippen LogP) is 3.37. The third-order valence-electron chi connectivity index (χ3n) is 3.98. The first-order valence-electron chi connectivity index (χ1n) is 7.11. The molecule has 2 rings (SSSR count). The molecule has 0 aromatic heterocycles. The van der Waals surface area contributed by atoms with Gasteiger partial charge in [-0.05, 0) is 38.1 Å². The first-order valence-corrected chi connectivity index (χ1v) is 8.31. The summed E-state index contributed by atoms with van der Waals surface area (Å²) < 4.78 is 1.03. The van der Waals surface area contributed by atoms with Crippen molar-refractivity contribution < 1.29 is 0 Å². The van der Waals surface area contributed by atoms with Gasteiger partial charge in [0, 0.05) is 34.9 Å². The molecule has 3 nitrogen and oxygen atoms in total. The van der Waals surface area contributed by atoms with Gasteiger partial charge in [-0.3, -0.25) is 0 Å². The third kappa shape index (κ3) is 4.17. The predicted molar refractivity (Wildman–Crippen MR) is 93.4 cm³/mol. The van der Waals surface area contributed by atoms with Crippen molar-refractivity contribution in [1.82, 2.24) is 4.90 Å². The second-order valence-corrected chi connectivity index (χ2v) is 6.76. The van der Waals surface area contributed by atoms with Gasteiger partial charge < -0.3 is 16.0 Å². The standard InChI is InChI=1S/C15H22BrN3S/c1-19(12-4-2-3-5-12)9-8-18-14-10-11(16)6-7-13(14)15(17)20/h6-7,10,12,18H,2-5,8-9H2,1H3,(H2,17,20). The highest BCUT2D eigenvalue weighted by Gasteiger charge is 2.18. The van der Waals surface area contributed by atoms with E-state index in [0.29, 0.717) is 4.99 Å². The minimum atomic E-state index is 0.434. The SMILES string of the molecule is CN(CCNc1cc(Br)ccc1C(N)=S)C1CCCC1. The molecule has 1 saturated carbocycles. The van der Waals surface area contributed by atoms with Crippen LogP contribution < -0.4 is 11.1 Å². The van der Waals surface area contributed by atoms with E-state index in [4.69, 9.17) is 18.0 Å². The van der Waals surface area contributed by atoms with E-state index in [1.54, 1.807) is 0 Å². The van der Waals surface area contributed by atoms with Gasteiger partial charge in [0.1, 0.15) is 4.99 Å². The highest BCUT2D eigenvalue weighted by Crippen LogP contribution is 2.23. The van der Waals surface area contributed by atoms with Crippen LogP contribution in [0.2, 0.25) is 0 Å². The fourth-order valence-corrected chi connectivity index (χ4v) is 3.31. The molecule has 0 unspecified atom stereocenters. The van der Waals surface area contributed by atoms with Gasteiger partial charge in [-0.2, -0.15) is 0 Å². The summed E-state index contributed by atoms with van der Waals surface area (Å²) in [7, 11) is 2.22. The van der Waals surface area contributed by atoms with Crippen molar-refractivity contribution in [2.75, 3.05) is 25.5 Å². The molecule has 0 heterocycles. The summed E-state index contributed by atoms with van der Waals surface area (Å²) in [6, 6.07) is 6.71. The van der Waals surface area contributed by atoms with Crippen LogP contribution in [0.25, 0.3) is 0 Å². The number of hydrogen-bond acceptors (Lipinski definition) is 3. The van der Waals surface area contributed by atoms with Crippen molar-refractivity contribution in [2.45, 2.75) is 31.7 Å². The molecule has 110 valence electrons. The summed E-state index contributed by atoms with van der Waals surface area (Å²) in [5.74, 6) is 0. The van der Waals surface area contributed by atoms with Gasteiger partial charge in [-0.1, -0.05) is 41.0 Å². The molecule has 0 radical (unpaired) electrons. The molecule has 1 aromatic carbocycles. The van der Waals surface area contributed by atoms with E-state index < -0.39 is 0 Å². The molecule has 1 aliphatic rings. The summed E-state index contributed by atoms with van der Waals surface area (Å²) in [6.07, 6.45) is 5.43. The number of thiocarbonyl (C=S) groups is 1. The molecule has 20 heavy (non-hydrogen) atoms. The van der Waals surface area contributed by atoms with E-state index in [1.165, 1.54) is 25.7 Å². The van der Waals surface area contributed by atoms with E-state index in [0.717, 1.165) is 34.9 Å². The second-order valence-electron chi connectivity index (χ2n) is 5.40. The molecule has 1 aliphatic carbocycles. The zero-order valence-electron chi connectivity index (χ0n) is 11.9. The van der Waals surface area contributed by atoms with Gasteiger partial charge in [0.05, 0.1) is 0 Å². The Hall–Kier alpha value is -0.650. The van der Waals surface area contributed by atoms with E-state index in [9.17, 15) is 0 Å². The van der Waals surface area contributed by atoms with E-state index in [2.05, 4.69) is 33.2 Å². The smallest absolute Gasteiger partial charge is 0.106 e. The lowest BCUT2D eigenvalue weighted by Crippen LogP contribution is -2.33. The van der Waals surface area contributed by atoms with Crippen LogP contribution in [0.3, 0.4) is 0 Å². The van der Waals surface area contributed by atoms with Crippen LogP contribution in [0.5, 0.6) is 0 Å². The van der Waals surface area contributed by atoms with Gasteiger partial charge in [0.15, 0.2) is 0 Å². The van der Waals surface area contributed by atoms with Gasteiger partial charge in [-0.25, -0.2) is 0 Å². The van der Waals surface area contributed by atoms with Crippen molar-refractivity contribution >= 4 is 38.8 Å². The minimum Gasteiger partial charge on any atom is -0.389 e. The Morgan fingerprint density at radius 2 is 2.15 bits per heavy atom. The summed E-state index contributed by atoms with van der Waals surface area (Å²) in [5, 5.41) is 3.45. The summed E-state index contributed by atoms with van der Waals surface area (Å²) in [6.45, 7) is 1.94. The second kappa shape index (κ2) is 7.38. The number of nitrogens with two attached hydrogens (primary N) is 1. The molecule has 0 saturated heterocycles. The Bertz CT molecular complexity index is 472. The lowest BCUT2D eigenvalue weighted by atomic mass is 10.1. The number of halogens is 1. The Morgan fingerprint density at radius 1 is 1.45 bits per heavy atom.